The molecule has 0 unspecified atom stereocenters. The van der Waals surface area contributed by atoms with Crippen molar-refractivity contribution < 1.29 is 13.2 Å². The molecule has 0 amide bonds. The highest BCUT2D eigenvalue weighted by Gasteiger charge is 2.22. The van der Waals surface area contributed by atoms with Gasteiger partial charge in [0, 0.05) is 0 Å². The van der Waals surface area contributed by atoms with E-state index in [1.165, 1.54) is 0 Å². The van der Waals surface area contributed by atoms with Crippen molar-refractivity contribution in [2.75, 3.05) is 5.75 Å². The molecule has 0 bridgehead atoms. The molecule has 0 spiro atoms. The van der Waals surface area contributed by atoms with E-state index in [4.69, 9.17) is 4.74 Å². The molecule has 0 radical (unpaired) electrons. The molecule has 1 aromatic carbocycles. The van der Waals surface area contributed by atoms with Crippen LogP contribution in [-0.2, 0) is 14.6 Å². The maximum Gasteiger partial charge on any atom is 0.178 e. The summed E-state index contributed by atoms with van der Waals surface area (Å²) in [6, 6.07) is 8.59. The molecule has 0 aliphatic heterocycles. The Hall–Kier alpha value is -0.870. The first-order valence-corrected chi connectivity index (χ1v) is 9.34. The fraction of sp³-hybridized carbons (Fsp3) is 0.667. The summed E-state index contributed by atoms with van der Waals surface area (Å²) in [7, 11) is -3.12. The van der Waals surface area contributed by atoms with E-state index < -0.39 is 9.84 Å². The summed E-state index contributed by atoms with van der Waals surface area (Å²) in [6.07, 6.45) is 0.343. The highest BCUT2D eigenvalue weighted by atomic mass is 32.2. The molecule has 4 heteroatoms. The van der Waals surface area contributed by atoms with Crippen LogP contribution in [0.5, 0.6) is 0 Å². The molecule has 0 aromatic heterocycles. The zero-order valence-electron chi connectivity index (χ0n) is 15.3. The van der Waals surface area contributed by atoms with Crippen LogP contribution in [0.15, 0.2) is 35.2 Å². The molecule has 1 aromatic rings. The second-order valence-electron chi connectivity index (χ2n) is 7.91. The molecule has 1 rings (SSSR count). The van der Waals surface area contributed by atoms with Gasteiger partial charge in [0.25, 0.3) is 0 Å². The lowest BCUT2D eigenvalue weighted by Crippen LogP contribution is -2.23. The van der Waals surface area contributed by atoms with Gasteiger partial charge in [-0.05, 0) is 52.2 Å². The van der Waals surface area contributed by atoms with Gasteiger partial charge in [0.15, 0.2) is 9.84 Å². The predicted molar refractivity (Wildman–Crippen MR) is 93.9 cm³/mol. The number of hydrogen-bond donors (Lipinski definition) is 0. The van der Waals surface area contributed by atoms with Gasteiger partial charge < -0.3 is 4.74 Å². The molecule has 0 heterocycles. The Kier molecular flexibility index (Phi) is 7.79. The van der Waals surface area contributed by atoms with Crippen LogP contribution in [-0.4, -0.2) is 25.9 Å². The minimum absolute atomic E-state index is 0.0220. The van der Waals surface area contributed by atoms with E-state index in [1.807, 2.05) is 40.7 Å². The number of hydrogen-bond acceptors (Lipinski definition) is 3. The molecule has 0 atom stereocenters. The van der Waals surface area contributed by atoms with Crippen LogP contribution in [0.4, 0.5) is 0 Å². The SMILES string of the molecule is CC(C)(C)CS(=O)(=O)c1ccccc1.CC(C)OC(C)(C)C. The van der Waals surface area contributed by atoms with Gasteiger partial charge in [-0.2, -0.15) is 0 Å². The maximum atomic E-state index is 11.8. The van der Waals surface area contributed by atoms with Gasteiger partial charge in [-0.1, -0.05) is 39.0 Å². The average molecular weight is 329 g/mol. The quantitative estimate of drug-likeness (QED) is 0.806. The highest BCUT2D eigenvalue weighted by molar-refractivity contribution is 7.91. The Balaban J connectivity index is 0.000000472. The molecule has 0 saturated carbocycles. The fourth-order valence-corrected chi connectivity index (χ4v) is 3.87. The average Bonchev–Trinajstić information content (AvgIpc) is 2.24. The van der Waals surface area contributed by atoms with Gasteiger partial charge in [-0.3, -0.25) is 0 Å². The molecule has 0 fully saturated rings. The van der Waals surface area contributed by atoms with E-state index >= 15 is 0 Å². The van der Waals surface area contributed by atoms with E-state index in [0.29, 0.717) is 11.0 Å². The third kappa shape index (κ3) is 10.8. The van der Waals surface area contributed by atoms with Crippen molar-refractivity contribution in [3.63, 3.8) is 0 Å². The molecule has 0 aliphatic rings. The summed E-state index contributed by atoms with van der Waals surface area (Å²) < 4.78 is 29.1. The van der Waals surface area contributed by atoms with Crippen molar-refractivity contribution in [1.29, 1.82) is 0 Å². The van der Waals surface area contributed by atoms with Crippen LogP contribution >= 0.6 is 0 Å². The first kappa shape index (κ1) is 21.1. The largest absolute Gasteiger partial charge is 0.373 e. The molecule has 22 heavy (non-hydrogen) atoms. The highest BCUT2D eigenvalue weighted by Crippen LogP contribution is 2.21. The lowest BCUT2D eigenvalue weighted by Gasteiger charge is -2.22. The van der Waals surface area contributed by atoms with E-state index in [1.54, 1.807) is 24.3 Å². The molecule has 3 nitrogen and oxygen atoms in total. The van der Waals surface area contributed by atoms with Gasteiger partial charge in [0.2, 0.25) is 0 Å². The first-order chi connectivity index (χ1) is 9.73. The smallest absolute Gasteiger partial charge is 0.178 e. The zero-order chi connectivity index (χ0) is 17.6. The lowest BCUT2D eigenvalue weighted by atomic mass is 10.0. The monoisotopic (exact) mass is 328 g/mol. The number of ether oxygens (including phenoxy) is 1. The Labute approximate surface area is 137 Å². The Morgan fingerprint density at radius 3 is 1.68 bits per heavy atom. The number of rotatable bonds is 3. The lowest BCUT2D eigenvalue weighted by molar-refractivity contribution is -0.0424. The van der Waals surface area contributed by atoms with Crippen LogP contribution in [0.3, 0.4) is 0 Å². The summed E-state index contributed by atoms with van der Waals surface area (Å²) >= 11 is 0. The summed E-state index contributed by atoms with van der Waals surface area (Å²) in [5.74, 6) is 0.185. The van der Waals surface area contributed by atoms with Crippen molar-refractivity contribution in [1.82, 2.24) is 0 Å². The van der Waals surface area contributed by atoms with Crippen molar-refractivity contribution in [3.05, 3.63) is 30.3 Å². The Morgan fingerprint density at radius 1 is 0.955 bits per heavy atom. The predicted octanol–water partition coefficient (Wildman–Crippen LogP) is 4.72. The van der Waals surface area contributed by atoms with Crippen LogP contribution < -0.4 is 0 Å². The van der Waals surface area contributed by atoms with Gasteiger partial charge in [0.1, 0.15) is 0 Å². The maximum absolute atomic E-state index is 11.8. The molecular formula is C18H32O3S. The minimum atomic E-state index is -3.12. The van der Waals surface area contributed by atoms with Crippen LogP contribution in [0.2, 0.25) is 0 Å². The number of sulfone groups is 1. The van der Waals surface area contributed by atoms with Gasteiger partial charge in [-0.25, -0.2) is 8.42 Å². The summed E-state index contributed by atoms with van der Waals surface area (Å²) in [6.45, 7) is 16.1. The summed E-state index contributed by atoms with van der Waals surface area (Å²) in [4.78, 5) is 0.412. The van der Waals surface area contributed by atoms with Crippen molar-refractivity contribution in [3.8, 4) is 0 Å². The minimum Gasteiger partial charge on any atom is -0.373 e. The van der Waals surface area contributed by atoms with E-state index in [-0.39, 0.29) is 16.8 Å². The summed E-state index contributed by atoms with van der Waals surface area (Å²) in [5.41, 5.74) is -0.178. The van der Waals surface area contributed by atoms with Gasteiger partial charge in [-0.15, -0.1) is 0 Å². The Bertz CT molecular complexity index is 518. The van der Waals surface area contributed by atoms with E-state index in [0.717, 1.165) is 0 Å². The van der Waals surface area contributed by atoms with Crippen molar-refractivity contribution in [2.24, 2.45) is 5.41 Å². The second-order valence-corrected chi connectivity index (χ2v) is 9.90. The van der Waals surface area contributed by atoms with Gasteiger partial charge >= 0.3 is 0 Å². The normalized spacial score (nSPS) is 12.8. The molecule has 0 saturated heterocycles. The van der Waals surface area contributed by atoms with Crippen molar-refractivity contribution >= 4 is 9.84 Å². The molecular weight excluding hydrogens is 296 g/mol. The zero-order valence-corrected chi connectivity index (χ0v) is 16.1. The summed E-state index contributed by atoms with van der Waals surface area (Å²) in [5, 5.41) is 0. The van der Waals surface area contributed by atoms with Crippen LogP contribution in [0.25, 0.3) is 0 Å². The van der Waals surface area contributed by atoms with Crippen molar-refractivity contribution in [2.45, 2.75) is 72.0 Å². The molecule has 128 valence electrons. The molecule has 0 aliphatic carbocycles. The standard InChI is InChI=1S/C11H16O2S.C7H16O/c1-11(2,3)9-14(12,13)10-7-5-4-6-8-10;1-6(2)8-7(3,4)5/h4-8H,9H2,1-3H3;6H,1-5H3. The first-order valence-electron chi connectivity index (χ1n) is 7.68. The van der Waals surface area contributed by atoms with Gasteiger partial charge in [0.05, 0.1) is 22.4 Å². The molecule has 0 N–H and O–H groups in total. The Morgan fingerprint density at radius 2 is 1.41 bits per heavy atom. The third-order valence-corrected chi connectivity index (χ3v) is 4.55. The van der Waals surface area contributed by atoms with Crippen LogP contribution in [0.1, 0.15) is 55.4 Å². The van der Waals surface area contributed by atoms with E-state index in [2.05, 4.69) is 20.8 Å². The second kappa shape index (κ2) is 8.11. The van der Waals surface area contributed by atoms with E-state index in [9.17, 15) is 8.42 Å². The number of benzene rings is 1. The topological polar surface area (TPSA) is 43.4 Å². The third-order valence-electron chi connectivity index (χ3n) is 2.31. The van der Waals surface area contributed by atoms with Crippen LogP contribution in [0, 0.1) is 5.41 Å². The fourth-order valence-electron chi connectivity index (χ4n) is 1.99.